The van der Waals surface area contributed by atoms with Crippen LogP contribution in [0.2, 0.25) is 0 Å². The number of hydrogen-bond donors (Lipinski definition) is 3. The Morgan fingerprint density at radius 1 is 1.40 bits per heavy atom. The van der Waals surface area contributed by atoms with Crippen molar-refractivity contribution in [1.29, 1.82) is 0 Å². The minimum Gasteiger partial charge on any atom is -0.508 e. The van der Waals surface area contributed by atoms with Gasteiger partial charge in [-0.05, 0) is 43.9 Å². The number of benzene rings is 1. The Balaban J connectivity index is 1.89. The van der Waals surface area contributed by atoms with E-state index in [4.69, 9.17) is 10.5 Å². The predicted molar refractivity (Wildman–Crippen MR) is 76.4 cm³/mol. The van der Waals surface area contributed by atoms with Gasteiger partial charge >= 0.3 is 0 Å². The van der Waals surface area contributed by atoms with E-state index in [0.717, 1.165) is 18.4 Å². The fourth-order valence-corrected chi connectivity index (χ4v) is 2.32. The fourth-order valence-electron chi connectivity index (χ4n) is 2.32. The summed E-state index contributed by atoms with van der Waals surface area (Å²) in [5.41, 5.74) is 6.67. The predicted octanol–water partition coefficient (Wildman–Crippen LogP) is 0.947. The lowest BCUT2D eigenvalue weighted by Crippen LogP contribution is -2.54. The molecule has 0 bridgehead atoms. The molecule has 1 fully saturated rings. The molecule has 0 radical (unpaired) electrons. The molecule has 1 heterocycles. The Labute approximate surface area is 119 Å². The number of ether oxygens (including phenoxy) is 1. The first-order valence-corrected chi connectivity index (χ1v) is 6.92. The number of hydrogen-bond acceptors (Lipinski definition) is 4. The molecule has 2 rings (SSSR count). The van der Waals surface area contributed by atoms with Crippen LogP contribution in [0, 0.1) is 0 Å². The average molecular weight is 278 g/mol. The van der Waals surface area contributed by atoms with Gasteiger partial charge in [0.2, 0.25) is 5.91 Å². The first-order chi connectivity index (χ1) is 9.48. The van der Waals surface area contributed by atoms with Crippen molar-refractivity contribution < 1.29 is 14.6 Å². The van der Waals surface area contributed by atoms with Crippen molar-refractivity contribution >= 4 is 5.91 Å². The second-order valence-electron chi connectivity index (χ2n) is 5.64. The topological polar surface area (TPSA) is 84.6 Å². The maximum absolute atomic E-state index is 12.2. The van der Waals surface area contributed by atoms with Crippen molar-refractivity contribution in [2.45, 2.75) is 37.8 Å². The number of nitrogens with one attached hydrogen (secondary N) is 1. The molecule has 0 aromatic heterocycles. The van der Waals surface area contributed by atoms with Crippen molar-refractivity contribution in [2.24, 2.45) is 5.73 Å². The molecular weight excluding hydrogens is 256 g/mol. The fraction of sp³-hybridized carbons (Fsp3) is 0.533. The zero-order valence-corrected chi connectivity index (χ0v) is 11.8. The maximum atomic E-state index is 12.2. The minimum absolute atomic E-state index is 0.137. The van der Waals surface area contributed by atoms with Crippen LogP contribution < -0.4 is 11.1 Å². The SMILES string of the molecule is CC1(NC(=O)[C@@H](N)Cc2ccc(O)cc2)CCOCC1. The van der Waals surface area contributed by atoms with Crippen molar-refractivity contribution in [2.75, 3.05) is 13.2 Å². The van der Waals surface area contributed by atoms with Gasteiger partial charge in [-0.25, -0.2) is 0 Å². The average Bonchev–Trinajstić information content (AvgIpc) is 2.41. The van der Waals surface area contributed by atoms with Crippen LogP contribution >= 0.6 is 0 Å². The Bertz CT molecular complexity index is 453. The second kappa shape index (κ2) is 6.24. The van der Waals surface area contributed by atoms with E-state index in [0.29, 0.717) is 19.6 Å². The highest BCUT2D eigenvalue weighted by Gasteiger charge is 2.30. The van der Waals surface area contributed by atoms with Crippen molar-refractivity contribution in [3.8, 4) is 5.75 Å². The number of phenols is 1. The van der Waals surface area contributed by atoms with Gasteiger partial charge in [-0.2, -0.15) is 0 Å². The van der Waals surface area contributed by atoms with Gasteiger partial charge in [0, 0.05) is 18.8 Å². The molecular formula is C15H22N2O3. The van der Waals surface area contributed by atoms with E-state index in [1.807, 2.05) is 6.92 Å². The van der Waals surface area contributed by atoms with Crippen LogP contribution in [-0.4, -0.2) is 35.8 Å². The van der Waals surface area contributed by atoms with Gasteiger partial charge in [-0.3, -0.25) is 4.79 Å². The Hall–Kier alpha value is -1.59. The quantitative estimate of drug-likeness (QED) is 0.765. The van der Waals surface area contributed by atoms with E-state index in [2.05, 4.69) is 5.32 Å². The summed E-state index contributed by atoms with van der Waals surface area (Å²) in [6, 6.07) is 6.16. The van der Waals surface area contributed by atoms with E-state index >= 15 is 0 Å². The zero-order chi connectivity index (χ0) is 14.6. The Kier molecular flexibility index (Phi) is 4.62. The van der Waals surface area contributed by atoms with E-state index < -0.39 is 6.04 Å². The molecule has 4 N–H and O–H groups in total. The van der Waals surface area contributed by atoms with Gasteiger partial charge in [0.15, 0.2) is 0 Å². The molecule has 1 saturated heterocycles. The van der Waals surface area contributed by atoms with Crippen LogP contribution in [0.25, 0.3) is 0 Å². The lowest BCUT2D eigenvalue weighted by Gasteiger charge is -2.35. The van der Waals surface area contributed by atoms with Gasteiger partial charge in [0.1, 0.15) is 5.75 Å². The van der Waals surface area contributed by atoms with Crippen LogP contribution in [-0.2, 0) is 16.0 Å². The number of carbonyl (C=O) groups is 1. The molecule has 0 saturated carbocycles. The summed E-state index contributed by atoms with van der Waals surface area (Å²) in [6.07, 6.45) is 2.08. The number of amides is 1. The summed E-state index contributed by atoms with van der Waals surface area (Å²) in [5.74, 6) is 0.0731. The normalized spacial score (nSPS) is 19.3. The van der Waals surface area contributed by atoms with E-state index in [1.165, 1.54) is 0 Å². The zero-order valence-electron chi connectivity index (χ0n) is 11.8. The highest BCUT2D eigenvalue weighted by Crippen LogP contribution is 2.20. The van der Waals surface area contributed by atoms with Gasteiger partial charge in [0.05, 0.1) is 6.04 Å². The summed E-state index contributed by atoms with van der Waals surface area (Å²) in [4.78, 5) is 12.2. The lowest BCUT2D eigenvalue weighted by molar-refractivity contribution is -0.125. The molecule has 1 aromatic rings. The number of nitrogens with two attached hydrogens (primary N) is 1. The first kappa shape index (κ1) is 14.8. The standard InChI is InChI=1S/C15H22N2O3/c1-15(6-8-20-9-7-15)17-14(19)13(16)10-11-2-4-12(18)5-3-11/h2-5,13,18H,6-10,16H2,1H3,(H,17,19)/t13-/m0/s1. The Morgan fingerprint density at radius 2 is 2.00 bits per heavy atom. The largest absolute Gasteiger partial charge is 0.508 e. The minimum atomic E-state index is -0.584. The molecule has 1 aromatic carbocycles. The van der Waals surface area contributed by atoms with Crippen LogP contribution in [0.3, 0.4) is 0 Å². The summed E-state index contributed by atoms with van der Waals surface area (Å²) in [5, 5.41) is 12.3. The molecule has 1 aliphatic rings. The van der Waals surface area contributed by atoms with E-state index in [9.17, 15) is 9.90 Å². The second-order valence-corrected chi connectivity index (χ2v) is 5.64. The van der Waals surface area contributed by atoms with Crippen LogP contribution in [0.4, 0.5) is 0 Å². The molecule has 1 aliphatic heterocycles. The van der Waals surface area contributed by atoms with E-state index in [1.54, 1.807) is 24.3 Å². The molecule has 1 atom stereocenters. The maximum Gasteiger partial charge on any atom is 0.237 e. The van der Waals surface area contributed by atoms with Crippen LogP contribution in [0.15, 0.2) is 24.3 Å². The van der Waals surface area contributed by atoms with Crippen molar-refractivity contribution in [3.05, 3.63) is 29.8 Å². The summed E-state index contributed by atoms with van der Waals surface area (Å²) in [6.45, 7) is 3.37. The third kappa shape index (κ3) is 3.95. The van der Waals surface area contributed by atoms with Crippen molar-refractivity contribution in [1.82, 2.24) is 5.32 Å². The first-order valence-electron chi connectivity index (χ1n) is 6.92. The van der Waals surface area contributed by atoms with Crippen LogP contribution in [0.5, 0.6) is 5.75 Å². The molecule has 5 nitrogen and oxygen atoms in total. The third-order valence-corrected chi connectivity index (χ3v) is 3.75. The molecule has 110 valence electrons. The van der Waals surface area contributed by atoms with E-state index in [-0.39, 0.29) is 17.2 Å². The smallest absolute Gasteiger partial charge is 0.237 e. The lowest BCUT2D eigenvalue weighted by atomic mass is 9.92. The van der Waals surface area contributed by atoms with Gasteiger partial charge < -0.3 is 20.9 Å². The summed E-state index contributed by atoms with van der Waals surface area (Å²) < 4.78 is 5.31. The number of rotatable bonds is 4. The Morgan fingerprint density at radius 3 is 2.60 bits per heavy atom. The van der Waals surface area contributed by atoms with Crippen molar-refractivity contribution in [3.63, 3.8) is 0 Å². The molecule has 1 amide bonds. The monoisotopic (exact) mass is 278 g/mol. The molecule has 5 heteroatoms. The van der Waals surface area contributed by atoms with Gasteiger partial charge in [-0.15, -0.1) is 0 Å². The summed E-state index contributed by atoms with van der Waals surface area (Å²) >= 11 is 0. The number of aromatic hydroxyl groups is 1. The molecule has 0 aliphatic carbocycles. The number of phenolic OH excluding ortho intramolecular Hbond substituents is 1. The third-order valence-electron chi connectivity index (χ3n) is 3.75. The van der Waals surface area contributed by atoms with Crippen LogP contribution in [0.1, 0.15) is 25.3 Å². The molecule has 0 unspecified atom stereocenters. The van der Waals surface area contributed by atoms with Gasteiger partial charge in [-0.1, -0.05) is 12.1 Å². The highest BCUT2D eigenvalue weighted by molar-refractivity contribution is 5.82. The molecule has 20 heavy (non-hydrogen) atoms. The highest BCUT2D eigenvalue weighted by atomic mass is 16.5. The summed E-state index contributed by atoms with van der Waals surface area (Å²) in [7, 11) is 0. The number of carbonyl (C=O) groups excluding carboxylic acids is 1. The van der Waals surface area contributed by atoms with Gasteiger partial charge in [0.25, 0.3) is 0 Å². The molecule has 0 spiro atoms.